The summed E-state index contributed by atoms with van der Waals surface area (Å²) in [5, 5.41) is 7.76. The van der Waals surface area contributed by atoms with E-state index in [1.807, 2.05) is 38.1 Å². The van der Waals surface area contributed by atoms with Gasteiger partial charge in [0.1, 0.15) is 0 Å². The van der Waals surface area contributed by atoms with Crippen molar-refractivity contribution in [2.45, 2.75) is 32.6 Å². The average molecular weight is 361 g/mol. The summed E-state index contributed by atoms with van der Waals surface area (Å²) in [6.45, 7) is 2.26. The number of nitrogens with zero attached hydrogens (tertiary/aromatic N) is 3. The van der Waals surface area contributed by atoms with Crippen molar-refractivity contribution in [1.82, 2.24) is 19.9 Å². The lowest BCUT2D eigenvalue weighted by Crippen LogP contribution is -2.41. The molecule has 0 radical (unpaired) electrons. The molecule has 0 aliphatic rings. The van der Waals surface area contributed by atoms with Crippen molar-refractivity contribution in [2.24, 2.45) is 5.73 Å². The molecule has 8 heteroatoms. The minimum absolute atomic E-state index is 0.0936. The molecule has 0 spiro atoms. The molecule has 2 aromatic heterocycles. The summed E-state index contributed by atoms with van der Waals surface area (Å²) in [5.74, 6) is -3.53. The van der Waals surface area contributed by atoms with E-state index in [4.69, 9.17) is 5.73 Å². The second-order valence-corrected chi connectivity index (χ2v) is 6.35. The number of hydrogen-bond donors (Lipinski definition) is 2. The summed E-state index contributed by atoms with van der Waals surface area (Å²) in [5.41, 5.74) is 9.17. The quantitative estimate of drug-likeness (QED) is 0.704. The topological polar surface area (TPSA) is 85.3 Å². The first-order valence-corrected chi connectivity index (χ1v) is 8.40. The van der Waals surface area contributed by atoms with Crippen LogP contribution < -0.4 is 11.1 Å². The Labute approximate surface area is 149 Å². The van der Waals surface area contributed by atoms with Crippen LogP contribution in [-0.4, -0.2) is 39.5 Å². The molecule has 2 heterocycles. The highest BCUT2D eigenvalue weighted by Gasteiger charge is 2.27. The maximum Gasteiger partial charge on any atom is 0.277 e. The van der Waals surface area contributed by atoms with Gasteiger partial charge in [-0.3, -0.25) is 4.79 Å². The fourth-order valence-corrected chi connectivity index (χ4v) is 2.97. The maximum absolute atomic E-state index is 13.1. The van der Waals surface area contributed by atoms with E-state index < -0.39 is 24.9 Å². The first-order valence-electron chi connectivity index (χ1n) is 8.40. The van der Waals surface area contributed by atoms with Gasteiger partial charge >= 0.3 is 0 Å². The van der Waals surface area contributed by atoms with Gasteiger partial charge in [-0.15, -0.1) is 0 Å². The van der Waals surface area contributed by atoms with Crippen LogP contribution in [0.4, 0.5) is 8.78 Å². The van der Waals surface area contributed by atoms with Gasteiger partial charge in [0.25, 0.3) is 5.92 Å². The zero-order valence-corrected chi connectivity index (χ0v) is 14.7. The molecule has 3 N–H and O–H groups in total. The number of aromatic nitrogens is 3. The molecule has 0 unspecified atom stereocenters. The van der Waals surface area contributed by atoms with Gasteiger partial charge in [0.05, 0.1) is 18.6 Å². The first kappa shape index (κ1) is 18.2. The number of aryl methyl sites for hydroxylation is 2. The smallest absolute Gasteiger partial charge is 0.277 e. The van der Waals surface area contributed by atoms with Gasteiger partial charge in [-0.1, -0.05) is 12.1 Å². The Kier molecular flexibility index (Phi) is 4.86. The zero-order valence-electron chi connectivity index (χ0n) is 14.7. The number of hydrogen-bond acceptors (Lipinski definition) is 4. The number of nitrogens with two attached hydrogens (primary N) is 1. The normalized spacial score (nSPS) is 12.0. The van der Waals surface area contributed by atoms with E-state index in [0.29, 0.717) is 6.42 Å². The Balaban J connectivity index is 1.80. The van der Waals surface area contributed by atoms with E-state index >= 15 is 0 Å². The molecule has 0 saturated carbocycles. The molecule has 6 nitrogen and oxygen atoms in total. The average Bonchev–Trinajstić information content (AvgIpc) is 2.99. The van der Waals surface area contributed by atoms with Gasteiger partial charge in [0.15, 0.2) is 5.65 Å². The van der Waals surface area contributed by atoms with Crippen LogP contribution in [0, 0.1) is 13.8 Å². The Morgan fingerprint density at radius 1 is 1.31 bits per heavy atom. The summed E-state index contributed by atoms with van der Waals surface area (Å²) in [6, 6.07) is 7.74. The lowest BCUT2D eigenvalue weighted by atomic mass is 10.1. The van der Waals surface area contributed by atoms with Crippen molar-refractivity contribution in [1.29, 1.82) is 0 Å². The lowest BCUT2D eigenvalue weighted by Gasteiger charge is -2.15. The minimum atomic E-state index is -3.09. The van der Waals surface area contributed by atoms with Gasteiger partial charge < -0.3 is 11.1 Å². The second-order valence-electron chi connectivity index (χ2n) is 6.35. The van der Waals surface area contributed by atoms with Crippen LogP contribution in [0.25, 0.3) is 16.6 Å². The molecule has 0 fully saturated rings. The molecule has 0 atom stereocenters. The Bertz CT molecular complexity index is 967. The number of alkyl halides is 2. The van der Waals surface area contributed by atoms with Crippen LogP contribution >= 0.6 is 0 Å². The standard InChI is InChI=1S/C18H21F2N5O/c1-11-13(7-8-16(26)22-10-18(19,20)9-21)12(2)25-17(23-11)14-5-3-4-6-15(14)24-25/h3-6H,7-10,21H2,1-2H3,(H,22,26). The number of carbonyl (C=O) groups excluding carboxylic acids is 1. The second kappa shape index (κ2) is 6.95. The van der Waals surface area contributed by atoms with Gasteiger partial charge in [0.2, 0.25) is 5.91 Å². The molecule has 1 aromatic carbocycles. The first-order chi connectivity index (χ1) is 12.3. The molecule has 138 valence electrons. The van der Waals surface area contributed by atoms with Crippen LogP contribution in [-0.2, 0) is 11.2 Å². The van der Waals surface area contributed by atoms with Crippen molar-refractivity contribution in [3.8, 4) is 0 Å². The van der Waals surface area contributed by atoms with Crippen LogP contribution in [0.15, 0.2) is 24.3 Å². The van der Waals surface area contributed by atoms with Gasteiger partial charge in [0, 0.05) is 23.2 Å². The molecule has 3 aromatic rings. The monoisotopic (exact) mass is 361 g/mol. The summed E-state index contributed by atoms with van der Waals surface area (Å²) < 4.78 is 28.0. The van der Waals surface area contributed by atoms with Crippen molar-refractivity contribution < 1.29 is 13.6 Å². The highest BCUT2D eigenvalue weighted by molar-refractivity contribution is 5.92. The van der Waals surface area contributed by atoms with Crippen molar-refractivity contribution >= 4 is 22.5 Å². The predicted molar refractivity (Wildman–Crippen MR) is 95.3 cm³/mol. The number of carbonyl (C=O) groups is 1. The highest BCUT2D eigenvalue weighted by atomic mass is 19.3. The van der Waals surface area contributed by atoms with Gasteiger partial charge in [-0.2, -0.15) is 5.10 Å². The summed E-state index contributed by atoms with van der Waals surface area (Å²) in [4.78, 5) is 16.5. The number of fused-ring (bicyclic) bond motifs is 3. The third-order valence-electron chi connectivity index (χ3n) is 4.46. The van der Waals surface area contributed by atoms with E-state index in [1.165, 1.54) is 0 Å². The Morgan fingerprint density at radius 3 is 2.77 bits per heavy atom. The predicted octanol–water partition coefficient (Wildman–Crippen LogP) is 2.14. The van der Waals surface area contributed by atoms with E-state index in [1.54, 1.807) is 4.52 Å². The Morgan fingerprint density at radius 2 is 2.04 bits per heavy atom. The molecule has 0 aliphatic heterocycles. The zero-order chi connectivity index (χ0) is 18.9. The fraction of sp³-hybridized carbons (Fsp3) is 0.389. The maximum atomic E-state index is 13.1. The Hall–Kier alpha value is -2.61. The molecule has 0 aliphatic carbocycles. The molecule has 0 saturated heterocycles. The summed E-state index contributed by atoms with van der Waals surface area (Å²) >= 11 is 0. The summed E-state index contributed by atoms with van der Waals surface area (Å²) in [6.07, 6.45) is 0.493. The SMILES string of the molecule is Cc1nc2c3ccccc3nn2c(C)c1CCC(=O)NCC(F)(F)CN. The van der Waals surface area contributed by atoms with E-state index in [9.17, 15) is 13.6 Å². The molecule has 3 rings (SSSR count). The lowest BCUT2D eigenvalue weighted by molar-refractivity contribution is -0.122. The third kappa shape index (κ3) is 3.50. The fourth-order valence-electron chi connectivity index (χ4n) is 2.97. The number of nitrogens with one attached hydrogen (secondary N) is 1. The van der Waals surface area contributed by atoms with Crippen molar-refractivity contribution in [3.63, 3.8) is 0 Å². The molecule has 1 amide bonds. The van der Waals surface area contributed by atoms with E-state index in [0.717, 1.165) is 33.5 Å². The third-order valence-corrected chi connectivity index (χ3v) is 4.46. The highest BCUT2D eigenvalue weighted by Crippen LogP contribution is 2.22. The van der Waals surface area contributed by atoms with Gasteiger partial charge in [-0.05, 0) is 38.0 Å². The van der Waals surface area contributed by atoms with Crippen LogP contribution in [0.3, 0.4) is 0 Å². The molecular formula is C18H21F2N5O. The van der Waals surface area contributed by atoms with E-state index in [2.05, 4.69) is 15.4 Å². The minimum Gasteiger partial charge on any atom is -0.350 e. The number of rotatable bonds is 6. The molecular weight excluding hydrogens is 340 g/mol. The van der Waals surface area contributed by atoms with Crippen molar-refractivity contribution in [3.05, 3.63) is 41.2 Å². The molecule has 26 heavy (non-hydrogen) atoms. The number of halogens is 2. The van der Waals surface area contributed by atoms with Gasteiger partial charge in [-0.25, -0.2) is 18.3 Å². The van der Waals surface area contributed by atoms with Crippen LogP contribution in [0.5, 0.6) is 0 Å². The largest absolute Gasteiger partial charge is 0.350 e. The number of amides is 1. The number of benzene rings is 1. The molecule has 0 bridgehead atoms. The van der Waals surface area contributed by atoms with E-state index in [-0.39, 0.29) is 6.42 Å². The van der Waals surface area contributed by atoms with Crippen molar-refractivity contribution in [2.75, 3.05) is 13.1 Å². The van der Waals surface area contributed by atoms with Crippen LogP contribution in [0.1, 0.15) is 23.4 Å². The van der Waals surface area contributed by atoms with Crippen LogP contribution in [0.2, 0.25) is 0 Å². The summed E-state index contributed by atoms with van der Waals surface area (Å²) in [7, 11) is 0.